The van der Waals surface area contributed by atoms with E-state index in [4.69, 9.17) is 0 Å². The van der Waals surface area contributed by atoms with Crippen molar-refractivity contribution in [2.24, 2.45) is 23.7 Å². The van der Waals surface area contributed by atoms with Crippen molar-refractivity contribution in [1.82, 2.24) is 15.1 Å². The fraction of sp³-hybridized carbons (Fsp3) is 0.938. The summed E-state index contributed by atoms with van der Waals surface area (Å²) in [4.78, 5) is 17.0. The average molecular weight is 281 g/mol. The summed E-state index contributed by atoms with van der Waals surface area (Å²) in [5, 5.41) is 3.45. The Morgan fingerprint density at radius 1 is 1.10 bits per heavy atom. The lowest BCUT2D eigenvalue weighted by molar-refractivity contribution is -0.133. The van der Waals surface area contributed by atoms with Crippen molar-refractivity contribution < 1.29 is 4.79 Å². The summed E-state index contributed by atoms with van der Waals surface area (Å²) in [6, 6.07) is 0. The Morgan fingerprint density at radius 3 is 2.05 bits per heavy atom. The molecule has 0 aromatic rings. The normalized spacial score (nSPS) is 26.5. The highest BCUT2D eigenvalue weighted by molar-refractivity contribution is 5.78. The van der Waals surface area contributed by atoms with Crippen LogP contribution in [0.25, 0.3) is 0 Å². The lowest BCUT2D eigenvalue weighted by Crippen LogP contribution is -2.43. The minimum Gasteiger partial charge on any atom is -0.341 e. The third kappa shape index (κ3) is 4.19. The van der Waals surface area contributed by atoms with Gasteiger partial charge in [0.25, 0.3) is 0 Å². The molecule has 2 aliphatic rings. The van der Waals surface area contributed by atoms with Crippen LogP contribution >= 0.6 is 0 Å². The van der Waals surface area contributed by atoms with E-state index in [1.807, 2.05) is 0 Å². The van der Waals surface area contributed by atoms with Crippen molar-refractivity contribution in [3.8, 4) is 0 Å². The molecule has 2 rings (SSSR count). The molecule has 4 nitrogen and oxygen atoms in total. The molecule has 20 heavy (non-hydrogen) atoms. The topological polar surface area (TPSA) is 35.6 Å². The van der Waals surface area contributed by atoms with E-state index in [0.29, 0.717) is 24.3 Å². The van der Waals surface area contributed by atoms with Gasteiger partial charge in [0, 0.05) is 26.2 Å². The highest BCUT2D eigenvalue weighted by Gasteiger charge is 2.36. The van der Waals surface area contributed by atoms with E-state index < -0.39 is 0 Å². The van der Waals surface area contributed by atoms with Gasteiger partial charge in [-0.2, -0.15) is 0 Å². The van der Waals surface area contributed by atoms with Crippen molar-refractivity contribution >= 4 is 5.91 Å². The van der Waals surface area contributed by atoms with Crippen LogP contribution in [-0.2, 0) is 4.79 Å². The second-order valence-electron chi connectivity index (χ2n) is 7.46. The zero-order chi connectivity index (χ0) is 14.7. The second kappa shape index (κ2) is 6.90. The summed E-state index contributed by atoms with van der Waals surface area (Å²) in [7, 11) is 0. The molecule has 0 radical (unpaired) electrons. The molecule has 0 aromatic carbocycles. The maximum atomic E-state index is 12.6. The quantitative estimate of drug-likeness (QED) is 0.796. The van der Waals surface area contributed by atoms with Crippen LogP contribution in [0.15, 0.2) is 0 Å². The Hall–Kier alpha value is -0.610. The van der Waals surface area contributed by atoms with Gasteiger partial charge in [0.15, 0.2) is 0 Å². The Morgan fingerprint density at radius 2 is 1.60 bits per heavy atom. The first-order valence-corrected chi connectivity index (χ1v) is 8.16. The van der Waals surface area contributed by atoms with Gasteiger partial charge in [0.1, 0.15) is 0 Å². The van der Waals surface area contributed by atoms with Gasteiger partial charge in [-0.1, -0.05) is 27.7 Å². The smallest absolute Gasteiger partial charge is 0.236 e. The molecule has 2 fully saturated rings. The summed E-state index contributed by atoms with van der Waals surface area (Å²) in [5.41, 5.74) is 0. The van der Waals surface area contributed by atoms with E-state index in [-0.39, 0.29) is 0 Å². The van der Waals surface area contributed by atoms with Crippen molar-refractivity contribution in [3.05, 3.63) is 0 Å². The van der Waals surface area contributed by atoms with Crippen LogP contribution in [0.3, 0.4) is 0 Å². The van der Waals surface area contributed by atoms with Crippen molar-refractivity contribution in [1.29, 1.82) is 0 Å². The summed E-state index contributed by atoms with van der Waals surface area (Å²) < 4.78 is 0. The molecule has 2 saturated heterocycles. The Bertz CT molecular complexity index is 308. The van der Waals surface area contributed by atoms with Crippen LogP contribution in [0.2, 0.25) is 0 Å². The molecule has 0 saturated carbocycles. The molecule has 1 amide bonds. The number of nitrogens with one attached hydrogen (secondary N) is 1. The number of rotatable bonds is 6. The van der Waals surface area contributed by atoms with E-state index in [9.17, 15) is 4.79 Å². The molecule has 0 bridgehead atoms. The van der Waals surface area contributed by atoms with Crippen LogP contribution in [0, 0.1) is 23.7 Å². The van der Waals surface area contributed by atoms with Gasteiger partial charge in [-0.15, -0.1) is 0 Å². The molecule has 0 unspecified atom stereocenters. The standard InChI is InChI=1S/C16H31N3O/c1-12(2)7-19(8-13(3)4)16(20)11-18-9-14-5-17-6-15(14)10-18/h12-15,17H,5-11H2,1-4H3/t14-,15+. The maximum absolute atomic E-state index is 12.6. The fourth-order valence-corrected chi connectivity index (χ4v) is 3.53. The summed E-state index contributed by atoms with van der Waals surface area (Å²) in [6.07, 6.45) is 0. The Labute approximate surface area is 123 Å². The predicted molar refractivity (Wildman–Crippen MR) is 82.5 cm³/mol. The van der Waals surface area contributed by atoms with Gasteiger partial charge in [0.05, 0.1) is 6.54 Å². The maximum Gasteiger partial charge on any atom is 0.236 e. The second-order valence-corrected chi connectivity index (χ2v) is 7.46. The molecule has 2 heterocycles. The number of fused-ring (bicyclic) bond motifs is 1. The van der Waals surface area contributed by atoms with Crippen LogP contribution < -0.4 is 5.32 Å². The molecular weight excluding hydrogens is 250 g/mol. The summed E-state index contributed by atoms with van der Waals surface area (Å²) in [6.45, 7) is 15.6. The minimum absolute atomic E-state index is 0.320. The first-order chi connectivity index (χ1) is 9.45. The third-order valence-corrected chi connectivity index (χ3v) is 4.35. The number of amides is 1. The number of hydrogen-bond donors (Lipinski definition) is 1. The monoisotopic (exact) mass is 281 g/mol. The highest BCUT2D eigenvalue weighted by Crippen LogP contribution is 2.26. The van der Waals surface area contributed by atoms with Gasteiger partial charge in [-0.3, -0.25) is 9.69 Å². The van der Waals surface area contributed by atoms with E-state index >= 15 is 0 Å². The van der Waals surface area contributed by atoms with E-state index in [1.165, 1.54) is 0 Å². The molecule has 116 valence electrons. The first kappa shape index (κ1) is 15.8. The summed E-state index contributed by atoms with van der Waals surface area (Å²) >= 11 is 0. The number of likely N-dealkylation sites (tertiary alicyclic amines) is 1. The first-order valence-electron chi connectivity index (χ1n) is 8.16. The average Bonchev–Trinajstić information content (AvgIpc) is 2.87. The Kier molecular flexibility index (Phi) is 5.44. The van der Waals surface area contributed by atoms with Gasteiger partial charge >= 0.3 is 0 Å². The lowest BCUT2D eigenvalue weighted by Gasteiger charge is -2.28. The lowest BCUT2D eigenvalue weighted by atomic mass is 10.0. The van der Waals surface area contributed by atoms with E-state index in [0.717, 1.165) is 51.1 Å². The van der Waals surface area contributed by atoms with E-state index in [2.05, 4.69) is 42.8 Å². The molecule has 4 heteroatoms. The van der Waals surface area contributed by atoms with Crippen molar-refractivity contribution in [3.63, 3.8) is 0 Å². The van der Waals surface area contributed by atoms with Crippen molar-refractivity contribution in [2.75, 3.05) is 45.8 Å². The zero-order valence-electron chi connectivity index (χ0n) is 13.6. The van der Waals surface area contributed by atoms with E-state index in [1.54, 1.807) is 0 Å². The largest absolute Gasteiger partial charge is 0.341 e. The molecule has 0 aromatic heterocycles. The van der Waals surface area contributed by atoms with Crippen LogP contribution in [0.5, 0.6) is 0 Å². The minimum atomic E-state index is 0.320. The summed E-state index contributed by atoms with van der Waals surface area (Å²) in [5.74, 6) is 2.94. The highest BCUT2D eigenvalue weighted by atomic mass is 16.2. The van der Waals surface area contributed by atoms with Crippen LogP contribution in [0.1, 0.15) is 27.7 Å². The number of carbonyl (C=O) groups excluding carboxylic acids is 1. The molecule has 0 spiro atoms. The van der Waals surface area contributed by atoms with Crippen LogP contribution in [-0.4, -0.2) is 61.5 Å². The zero-order valence-corrected chi connectivity index (χ0v) is 13.6. The number of nitrogens with zero attached hydrogens (tertiary/aromatic N) is 2. The van der Waals surface area contributed by atoms with Gasteiger partial charge in [-0.25, -0.2) is 0 Å². The third-order valence-electron chi connectivity index (χ3n) is 4.35. The van der Waals surface area contributed by atoms with Gasteiger partial charge in [-0.05, 0) is 36.8 Å². The number of hydrogen-bond acceptors (Lipinski definition) is 3. The van der Waals surface area contributed by atoms with Gasteiger partial charge in [0.2, 0.25) is 5.91 Å². The van der Waals surface area contributed by atoms with Crippen LogP contribution in [0.4, 0.5) is 0 Å². The SMILES string of the molecule is CC(C)CN(CC(C)C)C(=O)CN1C[C@H]2CNC[C@H]2C1. The molecule has 2 atom stereocenters. The van der Waals surface area contributed by atoms with Crippen molar-refractivity contribution in [2.45, 2.75) is 27.7 Å². The molecular formula is C16H31N3O. The molecule has 0 aliphatic carbocycles. The fourth-order valence-electron chi connectivity index (χ4n) is 3.53. The predicted octanol–water partition coefficient (Wildman–Crippen LogP) is 1.28. The van der Waals surface area contributed by atoms with Gasteiger partial charge < -0.3 is 10.2 Å². The molecule has 2 aliphatic heterocycles. The number of carbonyl (C=O) groups is 1. The molecule has 1 N–H and O–H groups in total. The Balaban J connectivity index is 1.84.